The number of hydrogen-bond acceptors (Lipinski definition) is 1. The van der Waals surface area contributed by atoms with Gasteiger partial charge in [0.2, 0.25) is 0 Å². The molecule has 0 saturated heterocycles. The monoisotopic (exact) mass is 192 g/mol. The second kappa shape index (κ2) is 2.35. The van der Waals surface area contributed by atoms with Crippen LogP contribution in [0.25, 0.3) is 0 Å². The number of halogens is 1. The van der Waals surface area contributed by atoms with E-state index in [0.29, 0.717) is 0 Å². The van der Waals surface area contributed by atoms with Crippen LogP contribution in [0, 0.1) is 17.7 Å². The van der Waals surface area contributed by atoms with Crippen LogP contribution in [-0.2, 0) is 11.2 Å². The van der Waals surface area contributed by atoms with Gasteiger partial charge in [0.05, 0.1) is 5.92 Å². The SMILES string of the molecule is O=C(O)C1C2Cc3cc(F)ccc3C21. The zero-order valence-electron chi connectivity index (χ0n) is 7.40. The molecule has 3 atom stereocenters. The summed E-state index contributed by atoms with van der Waals surface area (Å²) in [4.78, 5) is 10.8. The average Bonchev–Trinajstić information content (AvgIpc) is 2.70. The van der Waals surface area contributed by atoms with Gasteiger partial charge in [-0.15, -0.1) is 0 Å². The minimum atomic E-state index is -0.713. The summed E-state index contributed by atoms with van der Waals surface area (Å²) >= 11 is 0. The van der Waals surface area contributed by atoms with Gasteiger partial charge in [0.1, 0.15) is 5.82 Å². The highest BCUT2D eigenvalue weighted by atomic mass is 19.1. The Morgan fingerprint density at radius 3 is 3.00 bits per heavy atom. The van der Waals surface area contributed by atoms with Crippen molar-refractivity contribution in [2.45, 2.75) is 12.3 Å². The molecule has 2 aliphatic carbocycles. The third-order valence-electron chi connectivity index (χ3n) is 3.37. The maximum Gasteiger partial charge on any atom is 0.307 e. The van der Waals surface area contributed by atoms with E-state index in [1.165, 1.54) is 12.1 Å². The molecule has 1 fully saturated rings. The highest BCUT2D eigenvalue weighted by Gasteiger charge is 2.59. The normalized spacial score (nSPS) is 32.2. The van der Waals surface area contributed by atoms with Gasteiger partial charge in [0.25, 0.3) is 0 Å². The quantitative estimate of drug-likeness (QED) is 0.736. The van der Waals surface area contributed by atoms with Crippen LogP contribution in [0.4, 0.5) is 4.39 Å². The van der Waals surface area contributed by atoms with Gasteiger partial charge in [0, 0.05) is 5.92 Å². The maximum absolute atomic E-state index is 12.8. The van der Waals surface area contributed by atoms with E-state index in [1.807, 2.05) is 0 Å². The van der Waals surface area contributed by atoms with Gasteiger partial charge >= 0.3 is 5.97 Å². The molecule has 0 bridgehead atoms. The fourth-order valence-electron chi connectivity index (χ4n) is 2.72. The molecule has 14 heavy (non-hydrogen) atoms. The fraction of sp³-hybridized carbons (Fsp3) is 0.364. The second-order valence-electron chi connectivity index (χ2n) is 4.10. The zero-order chi connectivity index (χ0) is 9.87. The van der Waals surface area contributed by atoms with Gasteiger partial charge < -0.3 is 5.11 Å². The molecule has 1 aromatic carbocycles. The van der Waals surface area contributed by atoms with Crippen molar-refractivity contribution in [2.75, 3.05) is 0 Å². The third-order valence-corrected chi connectivity index (χ3v) is 3.37. The Kier molecular flexibility index (Phi) is 1.34. The van der Waals surface area contributed by atoms with E-state index < -0.39 is 5.97 Å². The van der Waals surface area contributed by atoms with Crippen molar-refractivity contribution < 1.29 is 14.3 Å². The van der Waals surface area contributed by atoms with Crippen LogP contribution < -0.4 is 0 Å². The second-order valence-corrected chi connectivity index (χ2v) is 4.10. The number of rotatable bonds is 1. The van der Waals surface area contributed by atoms with E-state index >= 15 is 0 Å². The molecule has 0 heterocycles. The van der Waals surface area contributed by atoms with Gasteiger partial charge in [-0.3, -0.25) is 4.79 Å². The number of hydrogen-bond donors (Lipinski definition) is 1. The number of carboxylic acid groups (broad SMARTS) is 1. The van der Waals surface area contributed by atoms with Gasteiger partial charge in [-0.25, -0.2) is 4.39 Å². The molecule has 0 radical (unpaired) electrons. The summed E-state index contributed by atoms with van der Waals surface area (Å²) in [6, 6.07) is 4.68. The largest absolute Gasteiger partial charge is 0.481 e. The van der Waals surface area contributed by atoms with Crippen LogP contribution in [0.3, 0.4) is 0 Å². The number of aliphatic carboxylic acids is 1. The van der Waals surface area contributed by atoms with Gasteiger partial charge in [-0.2, -0.15) is 0 Å². The van der Waals surface area contributed by atoms with E-state index in [2.05, 4.69) is 0 Å². The summed E-state index contributed by atoms with van der Waals surface area (Å²) in [5.41, 5.74) is 2.04. The minimum Gasteiger partial charge on any atom is -0.481 e. The first kappa shape index (κ1) is 7.97. The van der Waals surface area contributed by atoms with E-state index in [4.69, 9.17) is 5.11 Å². The number of carbonyl (C=O) groups is 1. The molecular formula is C11H9FO2. The first-order valence-electron chi connectivity index (χ1n) is 4.69. The lowest BCUT2D eigenvalue weighted by Gasteiger charge is -2.04. The molecule has 0 aromatic heterocycles. The number of carboxylic acids is 1. The van der Waals surface area contributed by atoms with E-state index in [0.717, 1.165) is 17.5 Å². The summed E-state index contributed by atoms with van der Waals surface area (Å²) in [7, 11) is 0. The smallest absolute Gasteiger partial charge is 0.307 e. The van der Waals surface area contributed by atoms with Crippen molar-refractivity contribution in [3.8, 4) is 0 Å². The molecule has 3 heteroatoms. The fourth-order valence-corrected chi connectivity index (χ4v) is 2.72. The highest BCUT2D eigenvalue weighted by Crippen LogP contribution is 2.61. The maximum atomic E-state index is 12.8. The molecule has 0 spiro atoms. The Morgan fingerprint density at radius 2 is 2.29 bits per heavy atom. The van der Waals surface area contributed by atoms with Crippen LogP contribution in [0.15, 0.2) is 18.2 Å². The van der Waals surface area contributed by atoms with Crippen molar-refractivity contribution >= 4 is 5.97 Å². The van der Waals surface area contributed by atoms with Crippen molar-refractivity contribution in [2.24, 2.45) is 11.8 Å². The van der Waals surface area contributed by atoms with E-state index in [-0.39, 0.29) is 23.6 Å². The number of benzene rings is 1. The predicted octanol–water partition coefficient (Wildman–Crippen LogP) is 1.80. The van der Waals surface area contributed by atoms with Gasteiger partial charge in [0.15, 0.2) is 0 Å². The van der Waals surface area contributed by atoms with Crippen molar-refractivity contribution in [3.63, 3.8) is 0 Å². The molecule has 2 nitrogen and oxygen atoms in total. The summed E-state index contributed by atoms with van der Waals surface area (Å²) in [6.07, 6.45) is 0.731. The molecular weight excluding hydrogens is 183 g/mol. The molecule has 3 unspecified atom stereocenters. The Hall–Kier alpha value is -1.38. The van der Waals surface area contributed by atoms with E-state index in [9.17, 15) is 9.18 Å². The van der Waals surface area contributed by atoms with Crippen LogP contribution in [0.2, 0.25) is 0 Å². The minimum absolute atomic E-state index is 0.156. The Morgan fingerprint density at radius 1 is 1.50 bits per heavy atom. The topological polar surface area (TPSA) is 37.3 Å². The van der Waals surface area contributed by atoms with Crippen molar-refractivity contribution in [3.05, 3.63) is 35.1 Å². The molecule has 72 valence electrons. The summed E-state index contributed by atoms with van der Waals surface area (Å²) < 4.78 is 12.8. The van der Waals surface area contributed by atoms with Crippen molar-refractivity contribution in [1.29, 1.82) is 0 Å². The molecule has 0 aliphatic heterocycles. The molecule has 2 aliphatic rings. The van der Waals surface area contributed by atoms with Crippen LogP contribution in [0.1, 0.15) is 17.0 Å². The zero-order valence-corrected chi connectivity index (χ0v) is 7.40. The highest BCUT2D eigenvalue weighted by molar-refractivity contribution is 5.77. The molecule has 0 amide bonds. The molecule has 1 aromatic rings. The lowest BCUT2D eigenvalue weighted by atomic mass is 10.0. The lowest BCUT2D eigenvalue weighted by Crippen LogP contribution is -2.05. The van der Waals surface area contributed by atoms with E-state index in [1.54, 1.807) is 6.07 Å². The van der Waals surface area contributed by atoms with Crippen LogP contribution in [-0.4, -0.2) is 11.1 Å². The number of fused-ring (bicyclic) bond motifs is 3. The molecule has 1 saturated carbocycles. The van der Waals surface area contributed by atoms with Gasteiger partial charge in [-0.1, -0.05) is 6.07 Å². The van der Waals surface area contributed by atoms with Crippen molar-refractivity contribution in [1.82, 2.24) is 0 Å². The summed E-state index contributed by atoms with van der Waals surface area (Å²) in [6.45, 7) is 0. The summed E-state index contributed by atoms with van der Waals surface area (Å²) in [5.74, 6) is -0.771. The Balaban J connectivity index is 1.99. The summed E-state index contributed by atoms with van der Waals surface area (Å²) in [5, 5.41) is 8.87. The third kappa shape index (κ3) is 0.870. The first-order valence-corrected chi connectivity index (χ1v) is 4.69. The standard InChI is InChI=1S/C11H9FO2/c12-6-1-2-7-5(3-6)4-8-9(7)10(8)11(13)14/h1-3,8-10H,4H2,(H,13,14). The molecule has 3 rings (SSSR count). The van der Waals surface area contributed by atoms with Crippen LogP contribution >= 0.6 is 0 Å². The van der Waals surface area contributed by atoms with Gasteiger partial charge in [-0.05, 0) is 35.6 Å². The Labute approximate surface area is 80.4 Å². The average molecular weight is 192 g/mol. The molecule has 1 N–H and O–H groups in total. The Bertz CT molecular complexity index is 427. The lowest BCUT2D eigenvalue weighted by molar-refractivity contribution is -0.139. The first-order chi connectivity index (χ1) is 6.68. The predicted molar refractivity (Wildman–Crippen MR) is 47.5 cm³/mol. The van der Waals surface area contributed by atoms with Crippen LogP contribution in [0.5, 0.6) is 0 Å².